The van der Waals surface area contributed by atoms with E-state index in [9.17, 15) is 9.90 Å². The Balaban J connectivity index is 1.65. The smallest absolute Gasteiger partial charge is 0.316 e. The van der Waals surface area contributed by atoms with E-state index < -0.39 is 5.92 Å². The van der Waals surface area contributed by atoms with Gasteiger partial charge in [-0.1, -0.05) is 30.3 Å². The quantitative estimate of drug-likeness (QED) is 0.670. The first-order valence-electron chi connectivity index (χ1n) is 8.79. The molecule has 0 aliphatic carbocycles. The molecule has 3 atom stereocenters. The van der Waals surface area contributed by atoms with Crippen molar-refractivity contribution in [2.24, 2.45) is 0 Å². The lowest BCUT2D eigenvalue weighted by atomic mass is 9.96. The molecule has 0 radical (unpaired) electrons. The summed E-state index contributed by atoms with van der Waals surface area (Å²) >= 11 is 0. The molecule has 0 aromatic heterocycles. The largest absolute Gasteiger partial charge is 0.461 e. The van der Waals surface area contributed by atoms with Crippen molar-refractivity contribution >= 4 is 5.97 Å². The number of rotatable bonds is 5. The minimum atomic E-state index is -0.567. The Morgan fingerprint density at radius 3 is 2.39 bits per heavy atom. The lowest BCUT2D eigenvalue weighted by molar-refractivity contribution is -0.947. The van der Waals surface area contributed by atoms with Crippen LogP contribution in [0.3, 0.4) is 0 Å². The molecule has 0 saturated carbocycles. The van der Waals surface area contributed by atoms with Crippen LogP contribution in [0.25, 0.3) is 0 Å². The van der Waals surface area contributed by atoms with E-state index in [-0.39, 0.29) is 18.7 Å². The highest BCUT2D eigenvalue weighted by Crippen LogP contribution is 2.42. The van der Waals surface area contributed by atoms with E-state index in [0.717, 1.165) is 29.4 Å². The number of hydrogen-bond donors (Lipinski definition) is 1. The average molecular weight is 318 g/mol. The molecule has 4 heteroatoms. The van der Waals surface area contributed by atoms with Crippen LogP contribution in [0.2, 0.25) is 0 Å². The van der Waals surface area contributed by atoms with E-state index in [1.807, 2.05) is 30.3 Å². The van der Waals surface area contributed by atoms with Crippen LogP contribution in [0.15, 0.2) is 30.3 Å². The monoisotopic (exact) mass is 318 g/mol. The molecular formula is C19H28NO3+. The number of fused-ring (bicyclic) bond motifs is 2. The van der Waals surface area contributed by atoms with Gasteiger partial charge in [0, 0.05) is 25.7 Å². The predicted molar refractivity (Wildman–Crippen MR) is 88.9 cm³/mol. The zero-order valence-corrected chi connectivity index (χ0v) is 14.1. The van der Waals surface area contributed by atoms with E-state index in [1.165, 1.54) is 12.8 Å². The Kier molecular flexibility index (Phi) is 4.74. The first kappa shape index (κ1) is 16.5. The zero-order chi connectivity index (χ0) is 16.4. The molecule has 1 N–H and O–H groups in total. The topological polar surface area (TPSA) is 46.5 Å². The van der Waals surface area contributed by atoms with Crippen molar-refractivity contribution in [3.8, 4) is 0 Å². The van der Waals surface area contributed by atoms with Gasteiger partial charge in [0.1, 0.15) is 12.0 Å². The number of nitrogens with zero attached hydrogens (tertiary/aromatic N) is 1. The Labute approximate surface area is 138 Å². The second-order valence-electron chi connectivity index (χ2n) is 7.22. The maximum Gasteiger partial charge on any atom is 0.316 e. The summed E-state index contributed by atoms with van der Waals surface area (Å²) in [5.74, 6) is -0.849. The predicted octanol–water partition coefficient (Wildman–Crippen LogP) is 2.47. The molecular weight excluding hydrogens is 290 g/mol. The molecule has 2 saturated heterocycles. The fraction of sp³-hybridized carbons (Fsp3) is 0.632. The van der Waals surface area contributed by atoms with Gasteiger partial charge >= 0.3 is 5.97 Å². The Hall–Kier alpha value is -1.39. The van der Waals surface area contributed by atoms with Gasteiger partial charge in [-0.15, -0.1) is 0 Å². The van der Waals surface area contributed by atoms with Gasteiger partial charge in [0.15, 0.2) is 0 Å². The fourth-order valence-corrected chi connectivity index (χ4v) is 4.55. The minimum absolute atomic E-state index is 0.00973. The Morgan fingerprint density at radius 1 is 1.26 bits per heavy atom. The molecule has 4 nitrogen and oxygen atoms in total. The molecule has 23 heavy (non-hydrogen) atoms. The molecule has 2 aliphatic heterocycles. The number of aliphatic hydroxyl groups is 1. The summed E-state index contributed by atoms with van der Waals surface area (Å²) in [6.45, 7) is 3.21. The lowest BCUT2D eigenvalue weighted by Gasteiger charge is -2.46. The number of carbonyl (C=O) groups is 1. The molecule has 1 aromatic rings. The molecule has 2 bridgehead atoms. The second-order valence-corrected chi connectivity index (χ2v) is 7.22. The number of carbonyl (C=O) groups excluding carboxylic acids is 1. The van der Waals surface area contributed by atoms with E-state index in [1.54, 1.807) is 0 Å². The third kappa shape index (κ3) is 3.02. The highest BCUT2D eigenvalue weighted by atomic mass is 16.5. The van der Waals surface area contributed by atoms with Crippen LogP contribution in [0.4, 0.5) is 0 Å². The first-order chi connectivity index (χ1) is 11.1. The summed E-state index contributed by atoms with van der Waals surface area (Å²) in [5, 5.41) is 9.61. The highest BCUT2D eigenvalue weighted by Gasteiger charge is 2.51. The molecule has 2 aliphatic rings. The fourth-order valence-electron chi connectivity index (χ4n) is 4.55. The molecule has 126 valence electrons. The standard InChI is InChI=1S/C19H28NO3/c1-3-20(2)15-9-10-16(20)12-17(11-15)23-19(22)18(13-21)14-7-5-4-6-8-14/h4-8,15-18,21H,3,9-13H2,1-2H3/q+1/t15-,16-,17?,18+,20?/m1/s1. The molecule has 1 aromatic carbocycles. The molecule has 2 fully saturated rings. The zero-order valence-electron chi connectivity index (χ0n) is 14.1. The van der Waals surface area contributed by atoms with Crippen LogP contribution in [0.1, 0.15) is 44.1 Å². The van der Waals surface area contributed by atoms with E-state index >= 15 is 0 Å². The van der Waals surface area contributed by atoms with Gasteiger partial charge < -0.3 is 14.3 Å². The number of hydrogen-bond acceptors (Lipinski definition) is 3. The maximum absolute atomic E-state index is 12.5. The number of benzene rings is 1. The maximum atomic E-state index is 12.5. The van der Waals surface area contributed by atoms with E-state index in [4.69, 9.17) is 4.74 Å². The van der Waals surface area contributed by atoms with Gasteiger partial charge in [-0.3, -0.25) is 4.79 Å². The SMILES string of the molecule is CC[N+]1(C)[C@@H]2CC[C@@H]1CC(OC(=O)[C@@H](CO)c1ccccc1)C2. The van der Waals surface area contributed by atoms with Gasteiger partial charge in [-0.2, -0.15) is 0 Å². The molecule has 0 spiro atoms. The number of aliphatic hydroxyl groups excluding tert-OH is 1. The number of quaternary nitrogens is 1. The molecule has 0 amide bonds. The molecule has 3 rings (SSSR count). The lowest BCUT2D eigenvalue weighted by Crippen LogP contribution is -2.58. The van der Waals surface area contributed by atoms with Crippen molar-refractivity contribution in [3.63, 3.8) is 0 Å². The van der Waals surface area contributed by atoms with Crippen molar-refractivity contribution in [1.29, 1.82) is 0 Å². The van der Waals surface area contributed by atoms with Gasteiger partial charge in [-0.05, 0) is 12.5 Å². The summed E-state index contributed by atoms with van der Waals surface area (Å²) < 4.78 is 6.94. The van der Waals surface area contributed by atoms with E-state index in [0.29, 0.717) is 12.1 Å². The summed E-state index contributed by atoms with van der Waals surface area (Å²) in [6, 6.07) is 10.6. The van der Waals surface area contributed by atoms with Gasteiger partial charge in [0.25, 0.3) is 0 Å². The summed E-state index contributed by atoms with van der Waals surface area (Å²) in [6.07, 6.45) is 4.41. The highest BCUT2D eigenvalue weighted by molar-refractivity contribution is 5.78. The summed E-state index contributed by atoms with van der Waals surface area (Å²) in [7, 11) is 2.35. The number of piperidine rings is 1. The Morgan fingerprint density at radius 2 is 1.87 bits per heavy atom. The van der Waals surface area contributed by atoms with Crippen LogP contribution in [0.5, 0.6) is 0 Å². The van der Waals surface area contributed by atoms with Gasteiger partial charge in [0.2, 0.25) is 0 Å². The van der Waals surface area contributed by atoms with Crippen molar-refractivity contribution in [2.45, 2.75) is 56.7 Å². The molecule has 2 heterocycles. The van der Waals surface area contributed by atoms with Crippen LogP contribution in [-0.2, 0) is 9.53 Å². The van der Waals surface area contributed by atoms with Gasteiger partial charge in [-0.25, -0.2) is 0 Å². The van der Waals surface area contributed by atoms with Crippen molar-refractivity contribution in [2.75, 3.05) is 20.2 Å². The van der Waals surface area contributed by atoms with Crippen LogP contribution >= 0.6 is 0 Å². The normalized spacial score (nSPS) is 34.1. The summed E-state index contributed by atoms with van der Waals surface area (Å²) in [5.41, 5.74) is 0.827. The summed E-state index contributed by atoms with van der Waals surface area (Å²) in [4.78, 5) is 12.5. The van der Waals surface area contributed by atoms with E-state index in [2.05, 4.69) is 14.0 Å². The third-order valence-corrected chi connectivity index (χ3v) is 6.20. The van der Waals surface area contributed by atoms with Crippen LogP contribution in [-0.4, -0.2) is 53.9 Å². The van der Waals surface area contributed by atoms with Crippen molar-refractivity contribution < 1.29 is 19.1 Å². The first-order valence-corrected chi connectivity index (χ1v) is 8.79. The third-order valence-electron chi connectivity index (χ3n) is 6.20. The second kappa shape index (κ2) is 6.62. The van der Waals surface area contributed by atoms with Crippen molar-refractivity contribution in [3.05, 3.63) is 35.9 Å². The number of ether oxygens (including phenoxy) is 1. The van der Waals surface area contributed by atoms with Crippen molar-refractivity contribution in [1.82, 2.24) is 0 Å². The average Bonchev–Trinajstić information content (AvgIpc) is 2.74. The van der Waals surface area contributed by atoms with Gasteiger partial charge in [0.05, 0.1) is 32.3 Å². The minimum Gasteiger partial charge on any atom is -0.461 e. The number of esters is 1. The van der Waals surface area contributed by atoms with Crippen LogP contribution in [0, 0.1) is 0 Å². The molecule has 0 unspecified atom stereocenters. The Bertz CT molecular complexity index is 531. The van der Waals surface area contributed by atoms with Crippen LogP contribution < -0.4 is 0 Å².